The Labute approximate surface area is 106 Å². The predicted octanol–water partition coefficient (Wildman–Crippen LogP) is -0.510. The van der Waals surface area contributed by atoms with Crippen molar-refractivity contribution in [2.75, 3.05) is 0 Å². The molecule has 0 aliphatic carbocycles. The molecular formula is C7H12O4W2. The van der Waals surface area contributed by atoms with Gasteiger partial charge in [-0.25, -0.2) is 0 Å². The Morgan fingerprint density at radius 3 is 1.92 bits per heavy atom. The van der Waals surface area contributed by atoms with Gasteiger partial charge in [-0.1, -0.05) is 13.8 Å². The van der Waals surface area contributed by atoms with Gasteiger partial charge in [0.05, 0.1) is 5.92 Å². The van der Waals surface area contributed by atoms with Crippen LogP contribution >= 0.6 is 0 Å². The van der Waals surface area contributed by atoms with E-state index in [-0.39, 0.29) is 59.9 Å². The van der Waals surface area contributed by atoms with E-state index in [2.05, 4.69) is 0 Å². The van der Waals surface area contributed by atoms with Gasteiger partial charge in [0.1, 0.15) is 0 Å². The number of cyclic esters (lactones) is 1. The van der Waals surface area contributed by atoms with Gasteiger partial charge < -0.3 is 14.9 Å². The van der Waals surface area contributed by atoms with Gasteiger partial charge in [-0.3, -0.25) is 4.79 Å². The maximum atomic E-state index is 10.9. The van der Waals surface area contributed by atoms with Crippen LogP contribution in [0.1, 0.15) is 13.8 Å². The zero-order valence-corrected chi connectivity index (χ0v) is 13.2. The molecule has 0 amide bonds. The average molecular weight is 528 g/mol. The number of carbonyl (C=O) groups is 1. The van der Waals surface area contributed by atoms with Gasteiger partial charge >= 0.3 is 5.97 Å². The fraction of sp³-hybridized carbons (Fsp3) is 0.857. The van der Waals surface area contributed by atoms with Gasteiger partial charge in [0.25, 0.3) is 0 Å². The van der Waals surface area contributed by atoms with Crippen LogP contribution in [0.4, 0.5) is 0 Å². The van der Waals surface area contributed by atoms with Crippen LogP contribution in [0.3, 0.4) is 0 Å². The van der Waals surface area contributed by atoms with Crippen molar-refractivity contribution in [3.8, 4) is 0 Å². The number of aliphatic hydroxyl groups is 2. The number of aliphatic hydroxyl groups excluding tert-OH is 1. The standard InChI is InChI=1S/C7H12O4.2W/c1-3-4(2)7(10)11-5(3)6(8)9;;/h3-6,8-9H,1-2H3;;/t3?,4?,5-;;/m1../s1. The molecule has 4 nitrogen and oxygen atoms in total. The Morgan fingerprint density at radius 2 is 1.77 bits per heavy atom. The minimum atomic E-state index is -1.56. The van der Waals surface area contributed by atoms with Crippen molar-refractivity contribution >= 4 is 5.97 Å². The van der Waals surface area contributed by atoms with E-state index in [0.29, 0.717) is 0 Å². The topological polar surface area (TPSA) is 66.8 Å². The first-order valence-corrected chi connectivity index (χ1v) is 3.60. The summed E-state index contributed by atoms with van der Waals surface area (Å²) in [5, 5.41) is 17.5. The zero-order chi connectivity index (χ0) is 8.59. The number of hydrogen-bond acceptors (Lipinski definition) is 4. The summed E-state index contributed by atoms with van der Waals surface area (Å²) in [6, 6.07) is 0. The van der Waals surface area contributed by atoms with Gasteiger partial charge in [-0.2, -0.15) is 0 Å². The minimum Gasteiger partial charge on any atom is -0.456 e. The molecule has 1 rings (SSSR count). The van der Waals surface area contributed by atoms with E-state index in [1.54, 1.807) is 13.8 Å². The Kier molecular flexibility index (Phi) is 7.84. The van der Waals surface area contributed by atoms with E-state index in [1.807, 2.05) is 0 Å². The SMILES string of the molecule is CC1C(=O)O[C@@H](C(O)O)C1C.[W].[W]. The second-order valence-corrected chi connectivity index (χ2v) is 2.96. The summed E-state index contributed by atoms with van der Waals surface area (Å²) in [5.74, 6) is -0.708. The molecule has 76 valence electrons. The van der Waals surface area contributed by atoms with Gasteiger partial charge in [-0.05, 0) is 0 Å². The predicted molar refractivity (Wildman–Crippen MR) is 36.4 cm³/mol. The van der Waals surface area contributed by atoms with Gasteiger partial charge in [0, 0.05) is 48.0 Å². The molecule has 0 saturated carbocycles. The molecule has 2 N–H and O–H groups in total. The summed E-state index contributed by atoms with van der Waals surface area (Å²) in [6.07, 6.45) is -2.31. The third kappa shape index (κ3) is 3.43. The van der Waals surface area contributed by atoms with Crippen molar-refractivity contribution < 1.29 is 61.9 Å². The van der Waals surface area contributed by atoms with Crippen molar-refractivity contribution in [2.24, 2.45) is 11.8 Å². The first-order valence-electron chi connectivity index (χ1n) is 3.60. The maximum Gasteiger partial charge on any atom is 0.309 e. The second kappa shape index (κ2) is 6.29. The van der Waals surface area contributed by atoms with Crippen LogP contribution in [0.5, 0.6) is 0 Å². The molecule has 13 heavy (non-hydrogen) atoms. The van der Waals surface area contributed by atoms with Gasteiger partial charge in [-0.15, -0.1) is 0 Å². The van der Waals surface area contributed by atoms with Crippen molar-refractivity contribution in [3.63, 3.8) is 0 Å². The first kappa shape index (κ1) is 16.2. The smallest absolute Gasteiger partial charge is 0.309 e. The minimum absolute atomic E-state index is 0. The van der Waals surface area contributed by atoms with Crippen LogP contribution in [0.2, 0.25) is 0 Å². The Balaban J connectivity index is 0. The molecule has 2 unspecified atom stereocenters. The average Bonchev–Trinajstić information content (AvgIpc) is 2.17. The van der Waals surface area contributed by atoms with Crippen LogP contribution in [-0.2, 0) is 51.7 Å². The van der Waals surface area contributed by atoms with Crippen molar-refractivity contribution in [1.29, 1.82) is 0 Å². The summed E-state index contributed by atoms with van der Waals surface area (Å²) >= 11 is 0. The summed E-state index contributed by atoms with van der Waals surface area (Å²) in [4.78, 5) is 10.9. The zero-order valence-electron chi connectivity index (χ0n) is 7.34. The Morgan fingerprint density at radius 1 is 1.31 bits per heavy atom. The molecular weight excluding hydrogens is 516 g/mol. The molecule has 0 aromatic carbocycles. The van der Waals surface area contributed by atoms with Crippen LogP contribution in [0, 0.1) is 11.8 Å². The summed E-state index contributed by atoms with van der Waals surface area (Å²) in [6.45, 7) is 3.48. The van der Waals surface area contributed by atoms with E-state index >= 15 is 0 Å². The molecule has 0 radical (unpaired) electrons. The molecule has 6 heteroatoms. The molecule has 0 bridgehead atoms. The molecule has 0 spiro atoms. The number of esters is 1. The fourth-order valence-electron chi connectivity index (χ4n) is 1.18. The van der Waals surface area contributed by atoms with E-state index in [1.165, 1.54) is 0 Å². The first-order chi connectivity index (χ1) is 5.04. The van der Waals surface area contributed by atoms with E-state index in [4.69, 9.17) is 14.9 Å². The quantitative estimate of drug-likeness (QED) is 0.356. The Hall–Kier alpha value is 0.767. The molecule has 1 saturated heterocycles. The second-order valence-electron chi connectivity index (χ2n) is 2.96. The van der Waals surface area contributed by atoms with Crippen LogP contribution in [0.15, 0.2) is 0 Å². The number of hydrogen-bond donors (Lipinski definition) is 2. The molecule has 3 atom stereocenters. The molecule has 1 fully saturated rings. The summed E-state index contributed by atoms with van der Waals surface area (Å²) in [7, 11) is 0. The maximum absolute atomic E-state index is 10.9. The van der Waals surface area contributed by atoms with E-state index < -0.39 is 12.4 Å². The Bertz CT molecular complexity index is 174. The molecule has 0 aromatic heterocycles. The molecule has 1 aliphatic rings. The van der Waals surface area contributed by atoms with Crippen LogP contribution < -0.4 is 0 Å². The van der Waals surface area contributed by atoms with Crippen molar-refractivity contribution in [3.05, 3.63) is 0 Å². The number of carbonyl (C=O) groups excluding carboxylic acids is 1. The third-order valence-electron chi connectivity index (χ3n) is 2.22. The monoisotopic (exact) mass is 528 g/mol. The molecule has 1 aliphatic heterocycles. The summed E-state index contributed by atoms with van der Waals surface area (Å²) < 4.78 is 4.71. The third-order valence-corrected chi connectivity index (χ3v) is 2.22. The molecule has 1 heterocycles. The summed E-state index contributed by atoms with van der Waals surface area (Å²) in [5.41, 5.74) is 0. The van der Waals surface area contributed by atoms with Crippen LogP contribution in [-0.4, -0.2) is 28.6 Å². The van der Waals surface area contributed by atoms with Crippen molar-refractivity contribution in [1.82, 2.24) is 0 Å². The van der Waals surface area contributed by atoms with Gasteiger partial charge in [0.15, 0.2) is 12.4 Å². The van der Waals surface area contributed by atoms with Crippen LogP contribution in [0.25, 0.3) is 0 Å². The van der Waals surface area contributed by atoms with Crippen molar-refractivity contribution in [2.45, 2.75) is 26.2 Å². The normalized spacial score (nSPS) is 32.1. The van der Waals surface area contributed by atoms with E-state index in [9.17, 15) is 4.79 Å². The number of rotatable bonds is 1. The van der Waals surface area contributed by atoms with Gasteiger partial charge in [0.2, 0.25) is 0 Å². The molecule has 0 aromatic rings. The number of ether oxygens (including phenoxy) is 1. The van der Waals surface area contributed by atoms with E-state index in [0.717, 1.165) is 0 Å². The largest absolute Gasteiger partial charge is 0.456 e. The fourth-order valence-corrected chi connectivity index (χ4v) is 1.18.